The van der Waals surface area contributed by atoms with Crippen molar-refractivity contribution in [2.45, 2.75) is 39.0 Å². The van der Waals surface area contributed by atoms with Crippen molar-refractivity contribution >= 4 is 17.2 Å². The zero-order chi connectivity index (χ0) is 26.5. The van der Waals surface area contributed by atoms with E-state index in [1.807, 2.05) is 13.8 Å². The van der Waals surface area contributed by atoms with Gasteiger partial charge in [0, 0.05) is 5.56 Å². The van der Waals surface area contributed by atoms with Crippen molar-refractivity contribution in [2.75, 3.05) is 0 Å². The van der Waals surface area contributed by atoms with Gasteiger partial charge in [-0.3, -0.25) is 4.79 Å². The Morgan fingerprint density at radius 2 is 1.84 bits per heavy atom. The number of aliphatic carboxylic acids is 1. The summed E-state index contributed by atoms with van der Waals surface area (Å²) in [5, 5.41) is 9.04. The SMILES string of the molecule is Cc1cc(-c2nc3cnc(Oc4cccc(C(F)(F)F)c4F)nc3o2)cc(C)c1OC1CC(C(=O)O)C1. The van der Waals surface area contributed by atoms with E-state index in [0.29, 0.717) is 30.2 Å². The van der Waals surface area contributed by atoms with Crippen LogP contribution in [0, 0.1) is 25.6 Å². The Balaban J connectivity index is 1.37. The zero-order valence-corrected chi connectivity index (χ0v) is 19.5. The average molecular weight is 517 g/mol. The number of fused-ring (bicyclic) bond motifs is 1. The topological polar surface area (TPSA) is 108 Å². The van der Waals surface area contributed by atoms with Crippen LogP contribution in [-0.2, 0) is 11.0 Å². The van der Waals surface area contributed by atoms with Gasteiger partial charge >= 0.3 is 18.2 Å². The Morgan fingerprint density at radius 3 is 2.49 bits per heavy atom. The average Bonchev–Trinajstić information content (AvgIpc) is 3.21. The van der Waals surface area contributed by atoms with Gasteiger partial charge in [0.05, 0.1) is 17.7 Å². The molecule has 1 fully saturated rings. The summed E-state index contributed by atoms with van der Waals surface area (Å²) in [5.41, 5.74) is 1.00. The van der Waals surface area contributed by atoms with Crippen LogP contribution in [0.3, 0.4) is 0 Å². The van der Waals surface area contributed by atoms with E-state index < -0.39 is 35.3 Å². The first kappa shape index (κ1) is 24.5. The maximum absolute atomic E-state index is 14.3. The summed E-state index contributed by atoms with van der Waals surface area (Å²) >= 11 is 0. The van der Waals surface area contributed by atoms with E-state index >= 15 is 0 Å². The number of carboxylic acid groups (broad SMARTS) is 1. The maximum atomic E-state index is 14.3. The third-order valence-electron chi connectivity index (χ3n) is 6.03. The standard InChI is InChI=1S/C25H19F4N3O5/c1-11-6-13(7-12(2)20(11)35-15-8-14(9-15)23(33)34)21-31-17-10-30-24(32-22(17)37-21)36-18-5-3-4-16(19(18)26)25(27,28)29/h3-7,10,14-15H,8-9H2,1-2H3,(H,33,34). The largest absolute Gasteiger partial charge is 0.490 e. The molecule has 2 aromatic heterocycles. The van der Waals surface area contributed by atoms with Crippen LogP contribution in [-0.4, -0.2) is 32.1 Å². The second-order valence-electron chi connectivity index (χ2n) is 8.77. The number of carbonyl (C=O) groups is 1. The molecule has 1 saturated carbocycles. The maximum Gasteiger partial charge on any atom is 0.419 e. The number of ether oxygens (including phenoxy) is 2. The van der Waals surface area contributed by atoms with Crippen molar-refractivity contribution in [3.63, 3.8) is 0 Å². The van der Waals surface area contributed by atoms with Crippen LogP contribution in [0.25, 0.3) is 22.7 Å². The summed E-state index contributed by atoms with van der Waals surface area (Å²) in [5.74, 6) is -2.60. The fraction of sp³-hybridized carbons (Fsp3) is 0.280. The van der Waals surface area contributed by atoms with Crippen molar-refractivity contribution in [2.24, 2.45) is 5.92 Å². The number of benzene rings is 2. The van der Waals surface area contributed by atoms with E-state index in [1.165, 1.54) is 6.20 Å². The summed E-state index contributed by atoms with van der Waals surface area (Å²) < 4.78 is 70.1. The molecular formula is C25H19F4N3O5. The highest BCUT2D eigenvalue weighted by atomic mass is 19.4. The van der Waals surface area contributed by atoms with Crippen LogP contribution < -0.4 is 9.47 Å². The first-order valence-corrected chi connectivity index (χ1v) is 11.2. The van der Waals surface area contributed by atoms with Gasteiger partial charge < -0.3 is 19.0 Å². The van der Waals surface area contributed by atoms with Crippen LogP contribution in [0.4, 0.5) is 17.6 Å². The predicted molar refractivity (Wildman–Crippen MR) is 121 cm³/mol. The van der Waals surface area contributed by atoms with E-state index in [0.717, 1.165) is 23.3 Å². The number of nitrogens with zero attached hydrogens (tertiary/aromatic N) is 3. The molecule has 1 N–H and O–H groups in total. The second-order valence-corrected chi connectivity index (χ2v) is 8.77. The molecule has 12 heteroatoms. The van der Waals surface area contributed by atoms with Gasteiger partial charge in [-0.25, -0.2) is 14.4 Å². The van der Waals surface area contributed by atoms with Gasteiger partial charge in [0.2, 0.25) is 5.89 Å². The molecule has 4 aromatic rings. The molecule has 0 radical (unpaired) electrons. The first-order valence-electron chi connectivity index (χ1n) is 11.2. The summed E-state index contributed by atoms with van der Waals surface area (Å²) in [7, 11) is 0. The van der Waals surface area contributed by atoms with Crippen LogP contribution in [0.2, 0.25) is 0 Å². The number of alkyl halides is 3. The molecular weight excluding hydrogens is 498 g/mol. The zero-order valence-electron chi connectivity index (χ0n) is 19.5. The summed E-state index contributed by atoms with van der Waals surface area (Å²) in [6, 6.07) is 5.83. The molecule has 0 bridgehead atoms. The van der Waals surface area contributed by atoms with Gasteiger partial charge in [-0.15, -0.1) is 0 Å². The number of oxazole rings is 1. The van der Waals surface area contributed by atoms with Gasteiger partial charge in [0.15, 0.2) is 11.6 Å². The Labute approximate surface area is 206 Å². The van der Waals surface area contributed by atoms with Gasteiger partial charge in [-0.1, -0.05) is 6.07 Å². The minimum Gasteiger partial charge on any atom is -0.490 e. The summed E-state index contributed by atoms with van der Waals surface area (Å²) in [6.45, 7) is 3.69. The molecule has 1 aliphatic rings. The predicted octanol–water partition coefficient (Wildman–Crippen LogP) is 6.09. The smallest absolute Gasteiger partial charge is 0.419 e. The van der Waals surface area contributed by atoms with Gasteiger partial charge in [0.1, 0.15) is 17.4 Å². The lowest BCUT2D eigenvalue weighted by Crippen LogP contribution is -2.38. The monoisotopic (exact) mass is 517 g/mol. The Kier molecular flexibility index (Phi) is 5.97. The van der Waals surface area contributed by atoms with Crippen LogP contribution in [0.1, 0.15) is 29.5 Å². The summed E-state index contributed by atoms with van der Waals surface area (Å²) in [4.78, 5) is 23.3. The van der Waals surface area contributed by atoms with E-state index in [9.17, 15) is 22.4 Å². The third kappa shape index (κ3) is 4.78. The number of hydrogen-bond donors (Lipinski definition) is 1. The molecule has 2 aromatic carbocycles. The number of aromatic nitrogens is 3. The molecule has 0 aliphatic heterocycles. The number of hydrogen-bond acceptors (Lipinski definition) is 7. The third-order valence-corrected chi connectivity index (χ3v) is 6.03. The quantitative estimate of drug-likeness (QED) is 0.306. The number of carboxylic acids is 1. The molecule has 8 nitrogen and oxygen atoms in total. The van der Waals surface area contributed by atoms with Crippen LogP contribution in [0.15, 0.2) is 40.9 Å². The molecule has 0 spiro atoms. The lowest BCUT2D eigenvalue weighted by Gasteiger charge is -2.33. The van der Waals surface area contributed by atoms with Gasteiger partial charge in [-0.05, 0) is 62.1 Å². The van der Waals surface area contributed by atoms with Gasteiger partial charge in [0.25, 0.3) is 5.71 Å². The van der Waals surface area contributed by atoms with Gasteiger partial charge in [-0.2, -0.15) is 18.2 Å². The molecule has 0 unspecified atom stereocenters. The molecule has 0 amide bonds. The van der Waals surface area contributed by atoms with E-state index in [1.54, 1.807) is 12.1 Å². The Morgan fingerprint density at radius 1 is 1.14 bits per heavy atom. The van der Waals surface area contributed by atoms with E-state index in [2.05, 4.69) is 15.0 Å². The molecule has 2 heterocycles. The first-order chi connectivity index (χ1) is 17.5. The Hall–Kier alpha value is -4.22. The molecule has 37 heavy (non-hydrogen) atoms. The van der Waals surface area contributed by atoms with Crippen LogP contribution in [0.5, 0.6) is 17.5 Å². The molecule has 0 saturated heterocycles. The number of halogens is 4. The van der Waals surface area contributed by atoms with E-state index in [-0.39, 0.29) is 29.1 Å². The van der Waals surface area contributed by atoms with Crippen molar-refractivity contribution in [3.8, 4) is 29.0 Å². The van der Waals surface area contributed by atoms with Crippen molar-refractivity contribution in [1.29, 1.82) is 0 Å². The minimum absolute atomic E-state index is 0.00260. The lowest BCUT2D eigenvalue weighted by molar-refractivity contribution is -0.148. The fourth-order valence-corrected chi connectivity index (χ4v) is 4.09. The second kappa shape index (κ2) is 9.02. The minimum atomic E-state index is -4.89. The highest BCUT2D eigenvalue weighted by molar-refractivity contribution is 5.73. The van der Waals surface area contributed by atoms with E-state index in [4.69, 9.17) is 19.0 Å². The Bertz CT molecular complexity index is 1490. The number of aryl methyl sites for hydroxylation is 2. The molecule has 0 atom stereocenters. The highest BCUT2D eigenvalue weighted by Gasteiger charge is 2.37. The lowest BCUT2D eigenvalue weighted by atomic mass is 9.82. The van der Waals surface area contributed by atoms with Crippen molar-refractivity contribution in [1.82, 2.24) is 15.0 Å². The highest BCUT2D eigenvalue weighted by Crippen LogP contribution is 2.38. The summed E-state index contributed by atoms with van der Waals surface area (Å²) in [6.07, 6.45) is -2.89. The molecule has 1 aliphatic carbocycles. The normalized spacial score (nSPS) is 17.5. The van der Waals surface area contributed by atoms with Crippen molar-refractivity contribution in [3.05, 3.63) is 59.0 Å². The molecule has 5 rings (SSSR count). The van der Waals surface area contributed by atoms with Crippen molar-refractivity contribution < 1.29 is 41.4 Å². The fourth-order valence-electron chi connectivity index (χ4n) is 4.09. The van der Waals surface area contributed by atoms with Crippen LogP contribution >= 0.6 is 0 Å². The molecule has 192 valence electrons. The number of rotatable bonds is 6.